The minimum atomic E-state index is 0.627. The molecule has 0 unspecified atom stereocenters. The number of methoxy groups -OCH3 is 1. The molecule has 0 saturated heterocycles. The van der Waals surface area contributed by atoms with Gasteiger partial charge < -0.3 is 14.2 Å². The summed E-state index contributed by atoms with van der Waals surface area (Å²) < 4.78 is 7.42. The summed E-state index contributed by atoms with van der Waals surface area (Å²) in [5.41, 5.74) is 3.91. The van der Waals surface area contributed by atoms with Gasteiger partial charge in [0.2, 0.25) is 0 Å². The Labute approximate surface area is 152 Å². The molecule has 0 aliphatic rings. The highest BCUT2D eigenvalue weighted by atomic mass is 35.5. The van der Waals surface area contributed by atoms with E-state index in [1.807, 2.05) is 44.7 Å². The van der Waals surface area contributed by atoms with Crippen molar-refractivity contribution in [3.8, 4) is 11.4 Å². The summed E-state index contributed by atoms with van der Waals surface area (Å²) in [6.45, 7) is 0. The fourth-order valence-corrected chi connectivity index (χ4v) is 2.71. The van der Waals surface area contributed by atoms with E-state index in [4.69, 9.17) is 16.3 Å². The van der Waals surface area contributed by atoms with Crippen LogP contribution in [-0.4, -0.2) is 32.0 Å². The van der Waals surface area contributed by atoms with Gasteiger partial charge >= 0.3 is 0 Å². The number of aliphatic imine (C=N–C) groups is 1. The van der Waals surface area contributed by atoms with Gasteiger partial charge in [-0.25, -0.2) is 0 Å². The maximum Gasteiger partial charge on any atom is 0.144 e. The first-order chi connectivity index (χ1) is 12.1. The van der Waals surface area contributed by atoms with Crippen LogP contribution in [0.25, 0.3) is 5.69 Å². The molecule has 3 aromatic rings. The lowest BCUT2D eigenvalue weighted by atomic mass is 10.2. The van der Waals surface area contributed by atoms with Crippen LogP contribution in [0, 0.1) is 0 Å². The van der Waals surface area contributed by atoms with Crippen LogP contribution in [0.15, 0.2) is 65.8 Å². The van der Waals surface area contributed by atoms with Gasteiger partial charge in [-0.05, 0) is 54.6 Å². The molecule has 1 heterocycles. The second kappa shape index (κ2) is 7.45. The largest absolute Gasteiger partial charge is 0.494 e. The van der Waals surface area contributed by atoms with Crippen molar-refractivity contribution in [1.82, 2.24) is 4.57 Å². The van der Waals surface area contributed by atoms with E-state index in [0.29, 0.717) is 16.5 Å². The monoisotopic (exact) mass is 353 g/mol. The van der Waals surface area contributed by atoms with Gasteiger partial charge in [0.25, 0.3) is 0 Å². The van der Waals surface area contributed by atoms with E-state index < -0.39 is 0 Å². The van der Waals surface area contributed by atoms with Crippen molar-refractivity contribution in [3.05, 3.63) is 71.5 Å². The van der Waals surface area contributed by atoms with Crippen LogP contribution >= 0.6 is 11.6 Å². The molecule has 0 atom stereocenters. The third-order valence-electron chi connectivity index (χ3n) is 3.90. The highest BCUT2D eigenvalue weighted by molar-refractivity contribution is 6.30. The fraction of sp³-hybridized carbons (Fsp3) is 0.150. The van der Waals surface area contributed by atoms with E-state index in [1.165, 1.54) is 0 Å². The lowest BCUT2D eigenvalue weighted by Gasteiger charge is -2.13. The Morgan fingerprint density at radius 3 is 2.52 bits per heavy atom. The first-order valence-corrected chi connectivity index (χ1v) is 8.29. The average Bonchev–Trinajstić information content (AvgIpc) is 3.08. The van der Waals surface area contributed by atoms with E-state index in [2.05, 4.69) is 38.7 Å². The van der Waals surface area contributed by atoms with Gasteiger partial charge in [0.05, 0.1) is 19.0 Å². The number of halogens is 1. The van der Waals surface area contributed by atoms with Crippen molar-refractivity contribution >= 4 is 29.2 Å². The Morgan fingerprint density at radius 1 is 1.08 bits per heavy atom. The zero-order valence-electron chi connectivity index (χ0n) is 14.5. The minimum Gasteiger partial charge on any atom is -0.494 e. The summed E-state index contributed by atoms with van der Waals surface area (Å²) in [6.07, 6.45) is 3.83. The molecule has 0 saturated carbocycles. The number of hydrogen-bond acceptors (Lipinski definition) is 3. The Hall–Kier alpha value is -2.72. The van der Waals surface area contributed by atoms with E-state index in [0.717, 1.165) is 17.1 Å². The van der Waals surface area contributed by atoms with Crippen LogP contribution in [-0.2, 0) is 0 Å². The quantitative estimate of drug-likeness (QED) is 0.607. The highest BCUT2D eigenvalue weighted by Crippen LogP contribution is 2.30. The number of hydrogen-bond donors (Lipinski definition) is 0. The summed E-state index contributed by atoms with van der Waals surface area (Å²) >= 11 is 6.06. The van der Waals surface area contributed by atoms with Gasteiger partial charge in [-0.2, -0.15) is 0 Å². The number of nitrogens with zero attached hydrogens (tertiary/aromatic N) is 3. The van der Waals surface area contributed by atoms with Crippen molar-refractivity contribution in [3.63, 3.8) is 0 Å². The van der Waals surface area contributed by atoms with Crippen molar-refractivity contribution < 1.29 is 4.74 Å². The molecule has 0 radical (unpaired) electrons. The summed E-state index contributed by atoms with van der Waals surface area (Å²) in [5.74, 6) is 0.689. The molecular formula is C20H20ClN3O. The van der Waals surface area contributed by atoms with Crippen molar-refractivity contribution in [2.45, 2.75) is 0 Å². The topological polar surface area (TPSA) is 29.8 Å². The Kier molecular flexibility index (Phi) is 5.10. The standard InChI is InChI=1S/C20H20ClN3O/c1-23(2)16-7-9-17(10-8-16)24-12-4-5-18(24)14-22-19-13-15(21)6-11-20(19)25-3/h4-14H,1-3H3. The predicted octanol–water partition coefficient (Wildman–Crippen LogP) is 4.96. The van der Waals surface area contributed by atoms with Gasteiger partial charge in [0.15, 0.2) is 0 Å². The first kappa shape index (κ1) is 17.1. The number of aromatic nitrogens is 1. The first-order valence-electron chi connectivity index (χ1n) is 7.91. The van der Waals surface area contributed by atoms with E-state index in [-0.39, 0.29) is 0 Å². The molecule has 2 aromatic carbocycles. The predicted molar refractivity (Wildman–Crippen MR) is 105 cm³/mol. The maximum absolute atomic E-state index is 6.06. The molecule has 5 heteroatoms. The number of benzene rings is 2. The van der Waals surface area contributed by atoms with Crippen molar-refractivity contribution in [2.24, 2.45) is 4.99 Å². The lowest BCUT2D eigenvalue weighted by Crippen LogP contribution is -2.08. The number of ether oxygens (including phenoxy) is 1. The minimum absolute atomic E-state index is 0.627. The normalized spacial score (nSPS) is 11.0. The summed E-state index contributed by atoms with van der Waals surface area (Å²) in [7, 11) is 5.68. The van der Waals surface area contributed by atoms with Crippen LogP contribution in [0.3, 0.4) is 0 Å². The van der Waals surface area contributed by atoms with Crippen LogP contribution in [0.4, 0.5) is 11.4 Å². The molecule has 0 aliphatic carbocycles. The second-order valence-electron chi connectivity index (χ2n) is 5.79. The molecule has 0 amide bonds. The van der Waals surface area contributed by atoms with E-state index in [1.54, 1.807) is 19.2 Å². The Morgan fingerprint density at radius 2 is 1.84 bits per heavy atom. The SMILES string of the molecule is COc1ccc(Cl)cc1N=Cc1cccn1-c1ccc(N(C)C)cc1. The summed E-state index contributed by atoms with van der Waals surface area (Å²) in [6, 6.07) is 17.8. The number of rotatable bonds is 5. The third kappa shape index (κ3) is 3.86. The third-order valence-corrected chi connectivity index (χ3v) is 4.14. The lowest BCUT2D eigenvalue weighted by molar-refractivity contribution is 0.416. The molecular weight excluding hydrogens is 334 g/mol. The molecule has 0 aliphatic heterocycles. The van der Waals surface area contributed by atoms with Crippen LogP contribution in [0.5, 0.6) is 5.75 Å². The highest BCUT2D eigenvalue weighted by Gasteiger charge is 2.05. The maximum atomic E-state index is 6.06. The van der Waals surface area contributed by atoms with Gasteiger partial charge in [-0.3, -0.25) is 4.99 Å². The van der Waals surface area contributed by atoms with Gasteiger partial charge in [0.1, 0.15) is 11.4 Å². The van der Waals surface area contributed by atoms with Gasteiger partial charge in [0, 0.05) is 36.7 Å². The summed E-state index contributed by atoms with van der Waals surface area (Å²) in [4.78, 5) is 6.63. The molecule has 4 nitrogen and oxygen atoms in total. The smallest absolute Gasteiger partial charge is 0.144 e. The van der Waals surface area contributed by atoms with E-state index >= 15 is 0 Å². The van der Waals surface area contributed by atoms with Gasteiger partial charge in [-0.1, -0.05) is 11.6 Å². The van der Waals surface area contributed by atoms with E-state index in [9.17, 15) is 0 Å². The van der Waals surface area contributed by atoms with Gasteiger partial charge in [-0.15, -0.1) is 0 Å². The van der Waals surface area contributed by atoms with Crippen LogP contribution in [0.2, 0.25) is 5.02 Å². The molecule has 0 N–H and O–H groups in total. The molecule has 0 fully saturated rings. The van der Waals surface area contributed by atoms with Crippen LogP contribution in [0.1, 0.15) is 5.69 Å². The molecule has 0 bridgehead atoms. The fourth-order valence-electron chi connectivity index (χ4n) is 2.55. The number of anilines is 1. The van der Waals surface area contributed by atoms with Crippen LogP contribution < -0.4 is 9.64 Å². The zero-order valence-corrected chi connectivity index (χ0v) is 15.2. The second-order valence-corrected chi connectivity index (χ2v) is 6.22. The molecule has 0 spiro atoms. The molecule has 25 heavy (non-hydrogen) atoms. The molecule has 1 aromatic heterocycles. The van der Waals surface area contributed by atoms with Crippen molar-refractivity contribution in [1.29, 1.82) is 0 Å². The average molecular weight is 354 g/mol. The molecule has 128 valence electrons. The van der Waals surface area contributed by atoms with Crippen molar-refractivity contribution in [2.75, 3.05) is 26.1 Å². The Balaban J connectivity index is 1.91. The zero-order chi connectivity index (χ0) is 17.8. The molecule has 3 rings (SSSR count). The summed E-state index contributed by atoms with van der Waals surface area (Å²) in [5, 5.41) is 0.627. The Bertz CT molecular complexity index is 882.